The number of nitrogens with one attached hydrogen (secondary N) is 1. The number of hydrogen-bond acceptors (Lipinski definition) is 6. The third-order valence-corrected chi connectivity index (χ3v) is 7.32. The fraction of sp³-hybridized carbons (Fsp3) is 0.241. The molecule has 1 N–H and O–H groups in total. The molecule has 190 valence electrons. The van der Waals surface area contributed by atoms with E-state index in [-0.39, 0.29) is 18.1 Å². The summed E-state index contributed by atoms with van der Waals surface area (Å²) in [4.78, 5) is 46.6. The summed E-state index contributed by atoms with van der Waals surface area (Å²) in [6.07, 6.45) is 0. The number of carbonyl (C=O) groups is 3. The highest BCUT2D eigenvalue weighted by Gasteiger charge is 2.29. The second-order valence-corrected chi connectivity index (χ2v) is 9.37. The van der Waals surface area contributed by atoms with E-state index in [1.165, 1.54) is 0 Å². The highest BCUT2D eigenvalue weighted by atomic mass is 32.1. The lowest BCUT2D eigenvalue weighted by atomic mass is 10.0. The zero-order chi connectivity index (χ0) is 26.5. The summed E-state index contributed by atoms with van der Waals surface area (Å²) >= 11 is 1.10. The Hall–Kier alpha value is -4.04. The number of para-hydroxylation sites is 1. The molecule has 0 fully saturated rings. The molecule has 0 aliphatic carbocycles. The van der Waals surface area contributed by atoms with Crippen LogP contribution in [0.5, 0.6) is 0 Å². The molecular weight excluding hydrogens is 486 g/mol. The second-order valence-electron chi connectivity index (χ2n) is 8.35. The molecule has 2 amide bonds. The van der Waals surface area contributed by atoms with E-state index < -0.39 is 11.9 Å². The minimum atomic E-state index is -0.574. The van der Waals surface area contributed by atoms with Crippen LogP contribution in [0.3, 0.4) is 0 Å². The number of rotatable bonds is 8. The van der Waals surface area contributed by atoms with Gasteiger partial charge in [-0.3, -0.25) is 9.59 Å². The molecule has 0 aliphatic heterocycles. The highest BCUT2D eigenvalue weighted by molar-refractivity contribution is 7.18. The summed E-state index contributed by atoms with van der Waals surface area (Å²) in [7, 11) is 0. The maximum Gasteiger partial charge on any atom is 0.341 e. The smallest absolute Gasteiger partial charge is 0.341 e. The fourth-order valence-electron chi connectivity index (χ4n) is 4.20. The maximum atomic E-state index is 13.7. The molecule has 0 saturated heterocycles. The minimum absolute atomic E-state index is 0.177. The summed E-state index contributed by atoms with van der Waals surface area (Å²) < 4.78 is 5.27. The van der Waals surface area contributed by atoms with E-state index in [1.54, 1.807) is 24.8 Å². The van der Waals surface area contributed by atoms with Crippen molar-refractivity contribution in [1.82, 2.24) is 9.88 Å². The third-order valence-electron chi connectivity index (χ3n) is 6.13. The van der Waals surface area contributed by atoms with Gasteiger partial charge in [0.25, 0.3) is 11.8 Å². The van der Waals surface area contributed by atoms with Crippen molar-refractivity contribution in [2.45, 2.75) is 27.7 Å². The van der Waals surface area contributed by atoms with Gasteiger partial charge in [0.05, 0.1) is 33.8 Å². The fourth-order valence-corrected chi connectivity index (χ4v) is 5.36. The van der Waals surface area contributed by atoms with Gasteiger partial charge in [-0.05, 0) is 45.4 Å². The van der Waals surface area contributed by atoms with Gasteiger partial charge in [-0.2, -0.15) is 0 Å². The summed E-state index contributed by atoms with van der Waals surface area (Å²) in [5.74, 6) is -1.15. The van der Waals surface area contributed by atoms with Crippen LogP contribution in [0.4, 0.5) is 5.00 Å². The zero-order valence-corrected chi connectivity index (χ0v) is 22.1. The van der Waals surface area contributed by atoms with Gasteiger partial charge in [0, 0.05) is 24.0 Å². The Morgan fingerprint density at radius 1 is 0.973 bits per heavy atom. The molecule has 0 bridgehead atoms. The van der Waals surface area contributed by atoms with Crippen LogP contribution in [0.15, 0.2) is 60.7 Å². The normalized spacial score (nSPS) is 10.8. The zero-order valence-electron chi connectivity index (χ0n) is 21.3. The molecule has 2 heterocycles. The molecule has 2 aromatic heterocycles. The van der Waals surface area contributed by atoms with Crippen molar-refractivity contribution >= 4 is 45.0 Å². The quantitative estimate of drug-likeness (QED) is 0.283. The first-order valence-corrected chi connectivity index (χ1v) is 13.1. The Kier molecular flexibility index (Phi) is 7.98. The van der Waals surface area contributed by atoms with Gasteiger partial charge in [-0.15, -0.1) is 11.3 Å². The van der Waals surface area contributed by atoms with Gasteiger partial charge in [-0.1, -0.05) is 48.5 Å². The summed E-state index contributed by atoms with van der Waals surface area (Å²) in [6, 6.07) is 18.8. The number of benzene rings is 2. The second kappa shape index (κ2) is 11.3. The Morgan fingerprint density at radius 2 is 1.65 bits per heavy atom. The van der Waals surface area contributed by atoms with Crippen LogP contribution in [0.1, 0.15) is 56.7 Å². The van der Waals surface area contributed by atoms with Crippen LogP contribution in [0.25, 0.3) is 22.2 Å². The molecule has 2 aromatic carbocycles. The molecule has 7 nitrogen and oxygen atoms in total. The SMILES string of the molecule is CCOC(=O)c1c(NC(=O)c2cc(-c3ccccc3)nc3ccccc23)sc(C(=O)N(CC)CC)c1C. The Bertz CT molecular complexity index is 1460. The predicted octanol–water partition coefficient (Wildman–Crippen LogP) is 6.18. The van der Waals surface area contributed by atoms with Gasteiger partial charge < -0.3 is 15.0 Å². The Labute approximate surface area is 220 Å². The van der Waals surface area contributed by atoms with Crippen molar-refractivity contribution in [2.75, 3.05) is 25.0 Å². The lowest BCUT2D eigenvalue weighted by Gasteiger charge is -2.18. The van der Waals surface area contributed by atoms with Crippen molar-refractivity contribution < 1.29 is 19.1 Å². The number of pyridine rings is 1. The number of esters is 1. The van der Waals surface area contributed by atoms with Crippen molar-refractivity contribution in [2.24, 2.45) is 0 Å². The van der Waals surface area contributed by atoms with Crippen molar-refractivity contribution in [1.29, 1.82) is 0 Å². The largest absolute Gasteiger partial charge is 0.462 e. The average molecular weight is 516 g/mol. The molecular formula is C29H29N3O4S. The van der Waals surface area contributed by atoms with Gasteiger partial charge in [0.1, 0.15) is 5.00 Å². The molecule has 0 saturated carbocycles. The average Bonchev–Trinajstić information content (AvgIpc) is 3.24. The van der Waals surface area contributed by atoms with Crippen LogP contribution in [-0.4, -0.2) is 47.4 Å². The van der Waals surface area contributed by atoms with Crippen LogP contribution in [0, 0.1) is 6.92 Å². The highest BCUT2D eigenvalue weighted by Crippen LogP contribution is 2.35. The number of ether oxygens (including phenoxy) is 1. The Balaban J connectivity index is 1.80. The number of amides is 2. The van der Waals surface area contributed by atoms with E-state index in [1.807, 2.05) is 68.4 Å². The number of thiophene rings is 1. The molecule has 37 heavy (non-hydrogen) atoms. The van der Waals surface area contributed by atoms with Crippen LogP contribution >= 0.6 is 11.3 Å². The summed E-state index contributed by atoms with van der Waals surface area (Å²) in [5.41, 5.74) is 3.35. The van der Waals surface area contributed by atoms with Crippen LogP contribution in [-0.2, 0) is 4.74 Å². The van der Waals surface area contributed by atoms with E-state index in [9.17, 15) is 14.4 Å². The molecule has 0 aliphatic rings. The van der Waals surface area contributed by atoms with Gasteiger partial charge in [-0.25, -0.2) is 9.78 Å². The van der Waals surface area contributed by atoms with E-state index in [2.05, 4.69) is 5.32 Å². The molecule has 0 spiro atoms. The minimum Gasteiger partial charge on any atom is -0.462 e. The molecule has 4 aromatic rings. The first-order valence-electron chi connectivity index (χ1n) is 12.3. The van der Waals surface area contributed by atoms with Crippen molar-refractivity contribution in [3.05, 3.63) is 82.2 Å². The van der Waals surface area contributed by atoms with Crippen molar-refractivity contribution in [3.63, 3.8) is 0 Å². The topological polar surface area (TPSA) is 88.6 Å². The van der Waals surface area contributed by atoms with Gasteiger partial charge in [0.15, 0.2) is 0 Å². The lowest BCUT2D eigenvalue weighted by Crippen LogP contribution is -2.30. The van der Waals surface area contributed by atoms with Crippen molar-refractivity contribution in [3.8, 4) is 11.3 Å². The van der Waals surface area contributed by atoms with Crippen LogP contribution in [0.2, 0.25) is 0 Å². The first-order chi connectivity index (χ1) is 17.9. The third kappa shape index (κ3) is 5.24. The number of aromatic nitrogens is 1. The lowest BCUT2D eigenvalue weighted by molar-refractivity contribution is 0.0527. The number of carbonyl (C=O) groups excluding carboxylic acids is 3. The molecule has 4 rings (SSSR count). The molecule has 0 radical (unpaired) electrons. The number of hydrogen-bond donors (Lipinski definition) is 1. The summed E-state index contributed by atoms with van der Waals surface area (Å²) in [5, 5.41) is 3.88. The Morgan fingerprint density at radius 3 is 2.32 bits per heavy atom. The summed E-state index contributed by atoms with van der Waals surface area (Å²) in [6.45, 7) is 8.48. The molecule has 0 atom stereocenters. The predicted molar refractivity (Wildman–Crippen MR) is 147 cm³/mol. The molecule has 8 heteroatoms. The van der Waals surface area contributed by atoms with E-state index in [4.69, 9.17) is 9.72 Å². The standard InChI is InChI=1S/C29H29N3O4S/c1-5-32(6-2)28(34)25-18(4)24(29(35)36-7-3)27(37-25)31-26(33)21-17-23(19-13-9-8-10-14-19)30-22-16-12-11-15-20(21)22/h8-17H,5-7H2,1-4H3,(H,31,33). The number of fused-ring (bicyclic) bond motifs is 1. The number of anilines is 1. The van der Waals surface area contributed by atoms with E-state index >= 15 is 0 Å². The van der Waals surface area contributed by atoms with E-state index in [0.29, 0.717) is 50.7 Å². The number of nitrogens with zero attached hydrogens (tertiary/aromatic N) is 2. The van der Waals surface area contributed by atoms with Crippen LogP contribution < -0.4 is 5.32 Å². The van der Waals surface area contributed by atoms with Gasteiger partial charge >= 0.3 is 5.97 Å². The first kappa shape index (κ1) is 26.0. The molecule has 0 unspecified atom stereocenters. The van der Waals surface area contributed by atoms with Gasteiger partial charge in [0.2, 0.25) is 0 Å². The maximum absolute atomic E-state index is 13.7. The monoisotopic (exact) mass is 515 g/mol. The van der Waals surface area contributed by atoms with E-state index in [0.717, 1.165) is 16.9 Å².